The fourth-order valence-corrected chi connectivity index (χ4v) is 2.87. The van der Waals surface area contributed by atoms with E-state index in [1.807, 2.05) is 27.0 Å². The van der Waals surface area contributed by atoms with Crippen molar-refractivity contribution in [1.82, 2.24) is 15.4 Å². The average molecular weight is 313 g/mol. The largest absolute Gasteiger partial charge is 0.356 e. The van der Waals surface area contributed by atoms with Crippen molar-refractivity contribution in [2.24, 2.45) is 0 Å². The van der Waals surface area contributed by atoms with Gasteiger partial charge in [0.2, 0.25) is 15.9 Å². The van der Waals surface area contributed by atoms with E-state index in [2.05, 4.69) is 15.4 Å². The first-order valence-electron chi connectivity index (χ1n) is 6.94. The smallest absolute Gasteiger partial charge is 0.240 e. The molecule has 0 aromatic heterocycles. The van der Waals surface area contributed by atoms with Crippen LogP contribution in [-0.2, 0) is 14.8 Å². The van der Waals surface area contributed by atoms with Gasteiger partial charge in [-0.15, -0.1) is 0 Å². The predicted octanol–water partition coefficient (Wildman–Crippen LogP) is 0.772. The molecule has 0 spiro atoms. The summed E-state index contributed by atoms with van der Waals surface area (Å²) >= 11 is 0. The van der Waals surface area contributed by atoms with Crippen LogP contribution >= 0.6 is 0 Å². The van der Waals surface area contributed by atoms with E-state index in [1.54, 1.807) is 18.2 Å². The van der Waals surface area contributed by atoms with Crippen LogP contribution in [0.1, 0.15) is 31.9 Å². The number of benzene rings is 1. The van der Waals surface area contributed by atoms with Gasteiger partial charge in [0, 0.05) is 25.6 Å². The van der Waals surface area contributed by atoms with Gasteiger partial charge < -0.3 is 10.6 Å². The quantitative estimate of drug-likeness (QED) is 0.661. The van der Waals surface area contributed by atoms with Crippen LogP contribution < -0.4 is 15.4 Å². The van der Waals surface area contributed by atoms with Gasteiger partial charge in [-0.25, -0.2) is 13.1 Å². The molecule has 0 radical (unpaired) electrons. The Labute approximate surface area is 126 Å². The zero-order valence-corrected chi connectivity index (χ0v) is 13.5. The molecule has 1 aromatic rings. The second-order valence-electron chi connectivity index (χ2n) is 4.68. The minimum atomic E-state index is -3.59. The van der Waals surface area contributed by atoms with Crippen molar-refractivity contribution in [3.8, 4) is 0 Å². The lowest BCUT2D eigenvalue weighted by molar-refractivity contribution is -0.120. The van der Waals surface area contributed by atoms with E-state index in [4.69, 9.17) is 0 Å². The molecular weight excluding hydrogens is 290 g/mol. The zero-order valence-electron chi connectivity index (χ0n) is 12.6. The molecule has 1 rings (SSSR count). The van der Waals surface area contributed by atoms with E-state index in [1.165, 1.54) is 0 Å². The molecule has 118 valence electrons. The number of amides is 1. The Morgan fingerprint density at radius 3 is 2.67 bits per heavy atom. The summed E-state index contributed by atoms with van der Waals surface area (Å²) in [5.41, 5.74) is 0.893. The average Bonchev–Trinajstić information content (AvgIpc) is 2.46. The van der Waals surface area contributed by atoms with Crippen molar-refractivity contribution in [2.45, 2.75) is 31.2 Å². The lowest BCUT2D eigenvalue weighted by atomic mass is 10.1. The molecule has 7 heteroatoms. The van der Waals surface area contributed by atoms with Gasteiger partial charge in [0.15, 0.2) is 0 Å². The topological polar surface area (TPSA) is 87.3 Å². The SMILES string of the molecule is CCNC(=O)CCNS(=O)(=O)c1cccc(C(C)NC)c1. The summed E-state index contributed by atoms with van der Waals surface area (Å²) in [4.78, 5) is 11.5. The number of carbonyl (C=O) groups is 1. The fraction of sp³-hybridized carbons (Fsp3) is 0.500. The van der Waals surface area contributed by atoms with E-state index >= 15 is 0 Å². The molecule has 3 N–H and O–H groups in total. The van der Waals surface area contributed by atoms with Gasteiger partial charge in [-0.05, 0) is 38.6 Å². The lowest BCUT2D eigenvalue weighted by Gasteiger charge is -2.12. The van der Waals surface area contributed by atoms with Crippen molar-refractivity contribution in [2.75, 3.05) is 20.1 Å². The Balaban J connectivity index is 2.72. The van der Waals surface area contributed by atoms with Crippen LogP contribution in [0.25, 0.3) is 0 Å². The number of nitrogens with one attached hydrogen (secondary N) is 3. The molecule has 0 heterocycles. The van der Waals surface area contributed by atoms with Gasteiger partial charge >= 0.3 is 0 Å². The van der Waals surface area contributed by atoms with Crippen LogP contribution in [0.2, 0.25) is 0 Å². The van der Waals surface area contributed by atoms with Crippen molar-refractivity contribution < 1.29 is 13.2 Å². The molecule has 0 aliphatic heterocycles. The highest BCUT2D eigenvalue weighted by atomic mass is 32.2. The minimum Gasteiger partial charge on any atom is -0.356 e. The summed E-state index contributed by atoms with van der Waals surface area (Å²) in [6, 6.07) is 6.82. The maximum atomic E-state index is 12.2. The van der Waals surface area contributed by atoms with Gasteiger partial charge in [-0.1, -0.05) is 12.1 Å². The summed E-state index contributed by atoms with van der Waals surface area (Å²) in [7, 11) is -1.78. The van der Waals surface area contributed by atoms with Gasteiger partial charge in [0.05, 0.1) is 4.90 Å². The summed E-state index contributed by atoms with van der Waals surface area (Å²) in [5.74, 6) is -0.169. The van der Waals surface area contributed by atoms with E-state index in [9.17, 15) is 13.2 Å². The first-order chi connectivity index (χ1) is 9.90. The number of rotatable bonds is 8. The van der Waals surface area contributed by atoms with Gasteiger partial charge in [0.25, 0.3) is 0 Å². The van der Waals surface area contributed by atoms with Crippen LogP contribution in [0, 0.1) is 0 Å². The molecule has 21 heavy (non-hydrogen) atoms. The van der Waals surface area contributed by atoms with Crippen molar-refractivity contribution in [3.63, 3.8) is 0 Å². The number of carbonyl (C=O) groups excluding carboxylic acids is 1. The summed E-state index contributed by atoms with van der Waals surface area (Å²) in [6.45, 7) is 4.39. The maximum absolute atomic E-state index is 12.2. The van der Waals surface area contributed by atoms with Crippen molar-refractivity contribution in [3.05, 3.63) is 29.8 Å². The third kappa shape index (κ3) is 5.45. The Bertz CT molecular complexity index is 573. The van der Waals surface area contributed by atoms with E-state index in [-0.39, 0.29) is 29.8 Å². The Morgan fingerprint density at radius 1 is 1.33 bits per heavy atom. The molecule has 0 aliphatic carbocycles. The van der Waals surface area contributed by atoms with E-state index in [0.717, 1.165) is 5.56 Å². The number of hydrogen-bond donors (Lipinski definition) is 3. The van der Waals surface area contributed by atoms with Crippen LogP contribution in [0.15, 0.2) is 29.2 Å². The molecule has 1 aromatic carbocycles. The number of sulfonamides is 1. The normalized spacial score (nSPS) is 12.9. The third-order valence-corrected chi connectivity index (χ3v) is 4.58. The second-order valence-corrected chi connectivity index (χ2v) is 6.45. The number of hydrogen-bond acceptors (Lipinski definition) is 4. The molecule has 1 amide bonds. The first-order valence-corrected chi connectivity index (χ1v) is 8.42. The predicted molar refractivity (Wildman–Crippen MR) is 82.4 cm³/mol. The highest BCUT2D eigenvalue weighted by Crippen LogP contribution is 2.16. The first kappa shape index (κ1) is 17.6. The monoisotopic (exact) mass is 313 g/mol. The van der Waals surface area contributed by atoms with Gasteiger partial charge in [-0.3, -0.25) is 4.79 Å². The molecule has 0 fully saturated rings. The van der Waals surface area contributed by atoms with Crippen LogP contribution in [0.4, 0.5) is 0 Å². The summed E-state index contributed by atoms with van der Waals surface area (Å²) in [6.07, 6.45) is 0.125. The van der Waals surface area contributed by atoms with Gasteiger partial charge in [-0.2, -0.15) is 0 Å². The lowest BCUT2D eigenvalue weighted by Crippen LogP contribution is -2.30. The summed E-state index contributed by atoms with van der Waals surface area (Å²) in [5, 5.41) is 5.69. The van der Waals surface area contributed by atoms with Crippen LogP contribution in [0.5, 0.6) is 0 Å². The van der Waals surface area contributed by atoms with Crippen molar-refractivity contribution >= 4 is 15.9 Å². The Morgan fingerprint density at radius 2 is 2.05 bits per heavy atom. The minimum absolute atomic E-state index is 0.0653. The molecule has 6 nitrogen and oxygen atoms in total. The molecule has 0 bridgehead atoms. The highest BCUT2D eigenvalue weighted by Gasteiger charge is 2.15. The van der Waals surface area contributed by atoms with Crippen LogP contribution in [0.3, 0.4) is 0 Å². The highest BCUT2D eigenvalue weighted by molar-refractivity contribution is 7.89. The molecule has 1 atom stereocenters. The molecule has 0 saturated heterocycles. The second kappa shape index (κ2) is 8.11. The van der Waals surface area contributed by atoms with Crippen molar-refractivity contribution in [1.29, 1.82) is 0 Å². The van der Waals surface area contributed by atoms with Gasteiger partial charge in [0.1, 0.15) is 0 Å². The van der Waals surface area contributed by atoms with Crippen LogP contribution in [-0.4, -0.2) is 34.5 Å². The summed E-state index contributed by atoms with van der Waals surface area (Å²) < 4.78 is 26.8. The molecule has 1 unspecified atom stereocenters. The molecule has 0 aliphatic rings. The Kier molecular flexibility index (Phi) is 6.80. The maximum Gasteiger partial charge on any atom is 0.240 e. The van der Waals surface area contributed by atoms with E-state index in [0.29, 0.717) is 6.54 Å². The zero-order chi connectivity index (χ0) is 15.9. The standard InChI is InChI=1S/C14H23N3O3S/c1-4-16-14(18)8-9-17-21(19,20)13-7-5-6-12(10-13)11(2)15-3/h5-7,10-11,15,17H,4,8-9H2,1-3H3,(H,16,18). The molecular formula is C14H23N3O3S. The Hall–Kier alpha value is -1.44. The molecule has 0 saturated carbocycles. The third-order valence-electron chi connectivity index (χ3n) is 3.12. The fourth-order valence-electron chi connectivity index (χ4n) is 1.79. The van der Waals surface area contributed by atoms with E-state index < -0.39 is 10.0 Å².